The van der Waals surface area contributed by atoms with Crippen LogP contribution in [-0.2, 0) is 11.0 Å². The highest BCUT2D eigenvalue weighted by atomic mass is 35.5. The summed E-state index contributed by atoms with van der Waals surface area (Å²) in [6.45, 7) is 2.53. The first-order valence-corrected chi connectivity index (χ1v) is 9.28. The van der Waals surface area contributed by atoms with E-state index in [0.29, 0.717) is 17.4 Å². The maximum absolute atomic E-state index is 11.0. The lowest BCUT2D eigenvalue weighted by Crippen LogP contribution is -2.32. The lowest BCUT2D eigenvalue weighted by molar-refractivity contribution is 0.0445. The Morgan fingerprint density at radius 3 is 2.73 bits per heavy atom. The number of nitrogen functional groups attached to an aromatic ring is 1. The van der Waals surface area contributed by atoms with Crippen molar-refractivity contribution in [2.24, 2.45) is 0 Å². The van der Waals surface area contributed by atoms with Crippen LogP contribution in [0.3, 0.4) is 0 Å². The van der Waals surface area contributed by atoms with Crippen molar-refractivity contribution in [3.05, 3.63) is 40.5 Å². The van der Waals surface area contributed by atoms with Crippen LogP contribution in [0.25, 0.3) is 0 Å². The molecule has 138 valence electrons. The van der Waals surface area contributed by atoms with Gasteiger partial charge in [0.15, 0.2) is 5.82 Å². The van der Waals surface area contributed by atoms with Gasteiger partial charge in [0.05, 0.1) is 18.4 Å². The number of aliphatic hydroxyl groups is 2. The van der Waals surface area contributed by atoms with Crippen LogP contribution in [0.15, 0.2) is 24.4 Å². The number of hydrogen-bond donors (Lipinski definition) is 3. The minimum atomic E-state index is -0.784. The summed E-state index contributed by atoms with van der Waals surface area (Å²) < 4.78 is 0. The Morgan fingerprint density at radius 1 is 1.31 bits per heavy atom. The number of aromatic nitrogens is 2. The molecule has 0 amide bonds. The van der Waals surface area contributed by atoms with E-state index in [1.54, 1.807) is 0 Å². The molecular weight excluding hydrogens is 352 g/mol. The summed E-state index contributed by atoms with van der Waals surface area (Å²) in [5.74, 6) is 0.669. The SMILES string of the molecule is C[C@@]1(CO)CN(c2nc(N)ncc2Cl)c2cc(C3(O)CCCC3)ccc21. The maximum Gasteiger partial charge on any atom is 0.222 e. The predicted molar refractivity (Wildman–Crippen MR) is 102 cm³/mol. The van der Waals surface area contributed by atoms with Crippen LogP contribution >= 0.6 is 11.6 Å². The Hall–Kier alpha value is -1.89. The molecule has 0 spiro atoms. The van der Waals surface area contributed by atoms with Gasteiger partial charge in [-0.25, -0.2) is 4.98 Å². The number of nitrogens with two attached hydrogens (primary N) is 1. The number of fused-ring (bicyclic) bond motifs is 1. The van der Waals surface area contributed by atoms with Gasteiger partial charge in [-0.3, -0.25) is 0 Å². The molecule has 7 heteroatoms. The molecule has 1 aromatic carbocycles. The van der Waals surface area contributed by atoms with Gasteiger partial charge in [0, 0.05) is 17.6 Å². The maximum atomic E-state index is 11.0. The highest BCUT2D eigenvalue weighted by Gasteiger charge is 2.42. The van der Waals surface area contributed by atoms with Gasteiger partial charge in [0.25, 0.3) is 0 Å². The van der Waals surface area contributed by atoms with Crippen molar-refractivity contribution in [3.8, 4) is 0 Å². The summed E-state index contributed by atoms with van der Waals surface area (Å²) >= 11 is 6.34. The Kier molecular flexibility index (Phi) is 4.10. The number of nitrogens with zero attached hydrogens (tertiary/aromatic N) is 3. The molecule has 0 unspecified atom stereocenters. The fourth-order valence-electron chi connectivity index (χ4n) is 4.21. The van der Waals surface area contributed by atoms with Crippen LogP contribution in [0.2, 0.25) is 5.02 Å². The molecule has 2 aromatic rings. The van der Waals surface area contributed by atoms with Crippen molar-refractivity contribution in [2.75, 3.05) is 23.8 Å². The average molecular weight is 375 g/mol. The van der Waals surface area contributed by atoms with Crippen LogP contribution in [0.1, 0.15) is 43.7 Å². The van der Waals surface area contributed by atoms with Crippen molar-refractivity contribution < 1.29 is 10.2 Å². The molecule has 4 rings (SSSR count). The van der Waals surface area contributed by atoms with Crippen molar-refractivity contribution in [3.63, 3.8) is 0 Å². The first-order chi connectivity index (χ1) is 12.4. The quantitative estimate of drug-likeness (QED) is 0.764. The molecule has 0 radical (unpaired) electrons. The zero-order chi connectivity index (χ0) is 18.5. The summed E-state index contributed by atoms with van der Waals surface area (Å²) in [5, 5.41) is 21.4. The largest absolute Gasteiger partial charge is 0.395 e. The molecule has 0 bridgehead atoms. The van der Waals surface area contributed by atoms with Gasteiger partial charge in [-0.15, -0.1) is 0 Å². The predicted octanol–water partition coefficient (Wildman–Crippen LogP) is 2.88. The molecule has 1 aromatic heterocycles. The van der Waals surface area contributed by atoms with Crippen LogP contribution in [-0.4, -0.2) is 33.3 Å². The van der Waals surface area contributed by atoms with Crippen LogP contribution in [0.4, 0.5) is 17.5 Å². The van der Waals surface area contributed by atoms with E-state index in [4.69, 9.17) is 17.3 Å². The number of benzene rings is 1. The first-order valence-electron chi connectivity index (χ1n) is 8.90. The monoisotopic (exact) mass is 374 g/mol. The van der Waals surface area contributed by atoms with E-state index in [9.17, 15) is 10.2 Å². The van der Waals surface area contributed by atoms with Crippen LogP contribution < -0.4 is 10.6 Å². The molecule has 1 saturated carbocycles. The van der Waals surface area contributed by atoms with Gasteiger partial charge in [-0.1, -0.05) is 43.5 Å². The highest BCUT2D eigenvalue weighted by Crippen LogP contribution is 2.48. The number of anilines is 3. The highest BCUT2D eigenvalue weighted by molar-refractivity contribution is 6.33. The third-order valence-corrected chi connectivity index (χ3v) is 6.03. The van der Waals surface area contributed by atoms with E-state index in [-0.39, 0.29) is 12.6 Å². The summed E-state index contributed by atoms with van der Waals surface area (Å²) in [6.07, 6.45) is 5.08. The number of hydrogen-bond acceptors (Lipinski definition) is 6. The van der Waals surface area contributed by atoms with E-state index in [1.165, 1.54) is 6.20 Å². The van der Waals surface area contributed by atoms with E-state index in [2.05, 4.69) is 9.97 Å². The minimum Gasteiger partial charge on any atom is -0.395 e. The Balaban J connectivity index is 1.86. The smallest absolute Gasteiger partial charge is 0.222 e. The van der Waals surface area contributed by atoms with Gasteiger partial charge >= 0.3 is 0 Å². The van der Waals surface area contributed by atoms with E-state index in [1.807, 2.05) is 30.0 Å². The summed E-state index contributed by atoms with van der Waals surface area (Å²) in [7, 11) is 0. The van der Waals surface area contributed by atoms with Crippen LogP contribution in [0.5, 0.6) is 0 Å². The molecule has 0 saturated heterocycles. The van der Waals surface area contributed by atoms with Gasteiger partial charge < -0.3 is 20.8 Å². The fourth-order valence-corrected chi connectivity index (χ4v) is 4.40. The van der Waals surface area contributed by atoms with Gasteiger partial charge in [0.1, 0.15) is 5.02 Å². The third kappa shape index (κ3) is 2.64. The molecular formula is C19H23ClN4O2. The molecule has 1 aliphatic carbocycles. The van der Waals surface area contributed by atoms with Crippen molar-refractivity contribution >= 4 is 29.1 Å². The summed E-state index contributed by atoms with van der Waals surface area (Å²) in [6, 6.07) is 6.00. The van der Waals surface area contributed by atoms with Gasteiger partial charge in [0.2, 0.25) is 5.95 Å². The molecule has 2 aliphatic rings. The Labute approximate surface area is 157 Å². The van der Waals surface area contributed by atoms with Crippen molar-refractivity contribution in [1.82, 2.24) is 9.97 Å². The molecule has 4 N–H and O–H groups in total. The Bertz CT molecular complexity index is 853. The van der Waals surface area contributed by atoms with Crippen molar-refractivity contribution in [2.45, 2.75) is 43.6 Å². The van der Waals surface area contributed by atoms with Gasteiger partial charge in [-0.2, -0.15) is 4.98 Å². The van der Waals surface area contributed by atoms with E-state index < -0.39 is 11.0 Å². The van der Waals surface area contributed by atoms with Crippen LogP contribution in [0, 0.1) is 0 Å². The van der Waals surface area contributed by atoms with E-state index in [0.717, 1.165) is 42.5 Å². The number of rotatable bonds is 3. The zero-order valence-corrected chi connectivity index (χ0v) is 15.5. The third-order valence-electron chi connectivity index (χ3n) is 5.76. The second-order valence-electron chi connectivity index (χ2n) is 7.68. The molecule has 1 atom stereocenters. The molecule has 2 heterocycles. The number of halogens is 1. The first kappa shape index (κ1) is 17.5. The lowest BCUT2D eigenvalue weighted by Gasteiger charge is -2.25. The van der Waals surface area contributed by atoms with E-state index >= 15 is 0 Å². The molecule has 1 aliphatic heterocycles. The number of aliphatic hydroxyl groups excluding tert-OH is 1. The second kappa shape index (κ2) is 6.08. The zero-order valence-electron chi connectivity index (χ0n) is 14.7. The minimum absolute atomic E-state index is 0.00169. The summed E-state index contributed by atoms with van der Waals surface area (Å²) in [4.78, 5) is 10.2. The van der Waals surface area contributed by atoms with Crippen molar-refractivity contribution in [1.29, 1.82) is 0 Å². The lowest BCUT2D eigenvalue weighted by atomic mass is 9.83. The topological polar surface area (TPSA) is 95.5 Å². The average Bonchev–Trinajstić information content (AvgIpc) is 3.20. The molecule has 1 fully saturated rings. The normalized spacial score (nSPS) is 24.1. The molecule has 26 heavy (non-hydrogen) atoms. The Morgan fingerprint density at radius 2 is 2.04 bits per heavy atom. The standard InChI is InChI=1S/C19H23ClN4O2/c1-18(11-25)10-24(16-14(20)9-22-17(21)23-16)15-8-12(4-5-13(15)18)19(26)6-2-3-7-19/h4-5,8-9,25-26H,2-3,6-7,10-11H2,1H3,(H2,21,22,23)/t18-/m0/s1. The fraction of sp³-hybridized carbons (Fsp3) is 0.474. The second-order valence-corrected chi connectivity index (χ2v) is 8.08. The van der Waals surface area contributed by atoms with Gasteiger partial charge in [-0.05, 0) is 30.0 Å². The summed E-state index contributed by atoms with van der Waals surface area (Å²) in [5.41, 5.74) is 7.35. The molecule has 6 nitrogen and oxygen atoms in total.